The molecule has 124 valence electrons. The standard InChI is InChI=1S/C15H17F2N3O2S/c1-2-13-20-9(8-23-13)6-18-15(22)19-7-12(21)14-10(16)4-3-5-11(14)17/h3-5,8,12,21H,2,6-7H2,1H3,(H2,18,19,22). The highest BCUT2D eigenvalue weighted by Crippen LogP contribution is 2.19. The molecule has 0 saturated carbocycles. The van der Waals surface area contributed by atoms with Crippen molar-refractivity contribution in [1.82, 2.24) is 15.6 Å². The maximum absolute atomic E-state index is 13.5. The summed E-state index contributed by atoms with van der Waals surface area (Å²) < 4.78 is 27.0. The Balaban J connectivity index is 1.82. The zero-order valence-electron chi connectivity index (χ0n) is 12.5. The second-order valence-electron chi connectivity index (χ2n) is 4.80. The van der Waals surface area contributed by atoms with Crippen LogP contribution in [0, 0.1) is 11.6 Å². The van der Waals surface area contributed by atoms with Gasteiger partial charge in [0.05, 0.1) is 22.8 Å². The lowest BCUT2D eigenvalue weighted by Crippen LogP contribution is -2.37. The summed E-state index contributed by atoms with van der Waals surface area (Å²) in [6.07, 6.45) is -0.634. The van der Waals surface area contributed by atoms with Crippen molar-refractivity contribution in [3.8, 4) is 0 Å². The highest BCUT2D eigenvalue weighted by molar-refractivity contribution is 7.09. The molecule has 1 unspecified atom stereocenters. The van der Waals surface area contributed by atoms with Crippen molar-refractivity contribution in [1.29, 1.82) is 0 Å². The molecule has 0 aliphatic heterocycles. The summed E-state index contributed by atoms with van der Waals surface area (Å²) in [6.45, 7) is 1.93. The Labute approximate surface area is 136 Å². The molecule has 0 fully saturated rings. The Morgan fingerprint density at radius 1 is 1.35 bits per heavy atom. The summed E-state index contributed by atoms with van der Waals surface area (Å²) >= 11 is 1.51. The van der Waals surface area contributed by atoms with E-state index in [0.717, 1.165) is 29.3 Å². The number of nitrogens with one attached hydrogen (secondary N) is 2. The molecule has 0 aliphatic rings. The van der Waals surface area contributed by atoms with E-state index in [9.17, 15) is 18.7 Å². The van der Waals surface area contributed by atoms with Crippen LogP contribution in [0.15, 0.2) is 23.6 Å². The lowest BCUT2D eigenvalue weighted by molar-refractivity contribution is 0.164. The Hall–Kier alpha value is -2.06. The number of aliphatic hydroxyl groups excluding tert-OH is 1. The molecule has 0 radical (unpaired) electrons. The lowest BCUT2D eigenvalue weighted by atomic mass is 10.1. The number of benzene rings is 1. The van der Waals surface area contributed by atoms with E-state index in [1.807, 2.05) is 12.3 Å². The van der Waals surface area contributed by atoms with Crippen LogP contribution in [0.3, 0.4) is 0 Å². The van der Waals surface area contributed by atoms with Gasteiger partial charge in [-0.25, -0.2) is 18.6 Å². The van der Waals surface area contributed by atoms with E-state index in [1.165, 1.54) is 17.4 Å². The van der Waals surface area contributed by atoms with Gasteiger partial charge in [0.15, 0.2) is 0 Å². The van der Waals surface area contributed by atoms with Crippen molar-refractivity contribution in [3.63, 3.8) is 0 Å². The fourth-order valence-electron chi connectivity index (χ4n) is 1.95. The van der Waals surface area contributed by atoms with Crippen LogP contribution in [0.25, 0.3) is 0 Å². The van der Waals surface area contributed by atoms with Crippen LogP contribution in [-0.4, -0.2) is 22.7 Å². The number of aryl methyl sites for hydroxylation is 1. The van der Waals surface area contributed by atoms with Gasteiger partial charge in [0.1, 0.15) is 17.7 Å². The number of nitrogens with zero attached hydrogens (tertiary/aromatic N) is 1. The Kier molecular flexibility index (Phi) is 6.00. The first-order valence-corrected chi connectivity index (χ1v) is 7.96. The normalized spacial score (nSPS) is 12.0. The molecule has 5 nitrogen and oxygen atoms in total. The van der Waals surface area contributed by atoms with Crippen molar-refractivity contribution >= 4 is 17.4 Å². The highest BCUT2D eigenvalue weighted by atomic mass is 32.1. The maximum Gasteiger partial charge on any atom is 0.315 e. The average Bonchev–Trinajstić information content (AvgIpc) is 2.99. The highest BCUT2D eigenvalue weighted by Gasteiger charge is 2.18. The summed E-state index contributed by atoms with van der Waals surface area (Å²) in [5.41, 5.74) is 0.280. The van der Waals surface area contributed by atoms with Crippen LogP contribution in [0.2, 0.25) is 0 Å². The SMILES string of the molecule is CCc1nc(CNC(=O)NCC(O)c2c(F)cccc2F)cs1. The van der Waals surface area contributed by atoms with E-state index in [2.05, 4.69) is 15.6 Å². The molecule has 0 aliphatic carbocycles. The van der Waals surface area contributed by atoms with Gasteiger partial charge in [0.2, 0.25) is 0 Å². The van der Waals surface area contributed by atoms with Gasteiger partial charge < -0.3 is 15.7 Å². The maximum atomic E-state index is 13.5. The van der Waals surface area contributed by atoms with Gasteiger partial charge in [0.25, 0.3) is 0 Å². The van der Waals surface area contributed by atoms with Crippen molar-refractivity contribution < 1.29 is 18.7 Å². The fourth-order valence-corrected chi connectivity index (χ4v) is 2.69. The van der Waals surface area contributed by atoms with Gasteiger partial charge in [-0.3, -0.25) is 0 Å². The molecule has 23 heavy (non-hydrogen) atoms. The van der Waals surface area contributed by atoms with Crippen LogP contribution in [0.5, 0.6) is 0 Å². The summed E-state index contributed by atoms with van der Waals surface area (Å²) in [7, 11) is 0. The summed E-state index contributed by atoms with van der Waals surface area (Å²) in [5.74, 6) is -1.71. The molecule has 0 saturated heterocycles. The number of amides is 2. The number of carbonyl (C=O) groups is 1. The van der Waals surface area contributed by atoms with Crippen molar-refractivity contribution in [2.24, 2.45) is 0 Å². The molecule has 1 aromatic carbocycles. The molecule has 2 aromatic rings. The Morgan fingerprint density at radius 3 is 2.65 bits per heavy atom. The molecule has 1 aromatic heterocycles. The molecule has 2 amide bonds. The largest absolute Gasteiger partial charge is 0.386 e. The predicted molar refractivity (Wildman–Crippen MR) is 83.0 cm³/mol. The minimum atomic E-state index is -1.46. The number of urea groups is 1. The second-order valence-corrected chi connectivity index (χ2v) is 5.74. The zero-order valence-corrected chi connectivity index (χ0v) is 13.3. The lowest BCUT2D eigenvalue weighted by Gasteiger charge is -2.14. The first-order valence-electron chi connectivity index (χ1n) is 7.08. The Bertz CT molecular complexity index is 658. The van der Waals surface area contributed by atoms with E-state index >= 15 is 0 Å². The molecule has 3 N–H and O–H groups in total. The first-order chi connectivity index (χ1) is 11.0. The molecule has 0 spiro atoms. The van der Waals surface area contributed by atoms with Crippen LogP contribution < -0.4 is 10.6 Å². The molecule has 8 heteroatoms. The molecule has 1 atom stereocenters. The third kappa shape index (κ3) is 4.70. The van der Waals surface area contributed by atoms with Crippen molar-refractivity contribution in [2.75, 3.05) is 6.54 Å². The van der Waals surface area contributed by atoms with Crippen LogP contribution >= 0.6 is 11.3 Å². The van der Waals surface area contributed by atoms with E-state index in [4.69, 9.17) is 0 Å². The van der Waals surface area contributed by atoms with Gasteiger partial charge in [-0.05, 0) is 18.6 Å². The van der Waals surface area contributed by atoms with Crippen LogP contribution in [-0.2, 0) is 13.0 Å². The minimum absolute atomic E-state index is 0.243. The number of aromatic nitrogens is 1. The summed E-state index contributed by atoms with van der Waals surface area (Å²) in [6, 6.07) is 2.76. The van der Waals surface area contributed by atoms with Gasteiger partial charge in [-0.1, -0.05) is 13.0 Å². The van der Waals surface area contributed by atoms with E-state index in [0.29, 0.717) is 0 Å². The van der Waals surface area contributed by atoms with E-state index in [-0.39, 0.29) is 13.1 Å². The topological polar surface area (TPSA) is 74.2 Å². The van der Waals surface area contributed by atoms with Gasteiger partial charge in [0, 0.05) is 11.9 Å². The van der Waals surface area contributed by atoms with E-state index in [1.54, 1.807) is 0 Å². The zero-order chi connectivity index (χ0) is 16.8. The second kappa shape index (κ2) is 7.98. The summed E-state index contributed by atoms with van der Waals surface area (Å²) in [4.78, 5) is 15.9. The number of thiazole rings is 1. The third-order valence-electron chi connectivity index (χ3n) is 3.12. The molecular formula is C15H17F2N3O2S. The Morgan fingerprint density at radius 2 is 2.04 bits per heavy atom. The van der Waals surface area contributed by atoms with Crippen molar-refractivity contribution in [2.45, 2.75) is 26.0 Å². The number of carbonyl (C=O) groups excluding carboxylic acids is 1. The fraction of sp³-hybridized carbons (Fsp3) is 0.333. The number of hydrogen-bond donors (Lipinski definition) is 3. The van der Waals surface area contributed by atoms with Crippen molar-refractivity contribution in [3.05, 3.63) is 51.5 Å². The molecule has 1 heterocycles. The average molecular weight is 341 g/mol. The minimum Gasteiger partial charge on any atom is -0.386 e. The summed E-state index contributed by atoms with van der Waals surface area (Å²) in [5, 5.41) is 17.6. The predicted octanol–water partition coefficient (Wildman–Crippen LogP) is 2.52. The molecular weight excluding hydrogens is 324 g/mol. The molecule has 2 rings (SSSR count). The van der Waals surface area contributed by atoms with Gasteiger partial charge >= 0.3 is 6.03 Å². The van der Waals surface area contributed by atoms with Gasteiger partial charge in [-0.15, -0.1) is 11.3 Å². The van der Waals surface area contributed by atoms with Gasteiger partial charge in [-0.2, -0.15) is 0 Å². The third-order valence-corrected chi connectivity index (χ3v) is 4.16. The number of rotatable bonds is 6. The number of hydrogen-bond acceptors (Lipinski definition) is 4. The number of halogens is 2. The quantitative estimate of drug-likeness (QED) is 0.756. The monoisotopic (exact) mass is 341 g/mol. The first kappa shape index (κ1) is 17.3. The van der Waals surface area contributed by atoms with E-state index < -0.39 is 29.3 Å². The van der Waals surface area contributed by atoms with Crippen LogP contribution in [0.1, 0.15) is 29.3 Å². The smallest absolute Gasteiger partial charge is 0.315 e. The number of aliphatic hydroxyl groups is 1. The molecule has 0 bridgehead atoms. The van der Waals surface area contributed by atoms with Crippen LogP contribution in [0.4, 0.5) is 13.6 Å².